The van der Waals surface area contributed by atoms with Gasteiger partial charge in [0.1, 0.15) is 12.4 Å². The van der Waals surface area contributed by atoms with Gasteiger partial charge in [-0.1, -0.05) is 18.2 Å². The fourth-order valence-electron chi connectivity index (χ4n) is 2.10. The highest BCUT2D eigenvalue weighted by molar-refractivity contribution is 7.99. The van der Waals surface area contributed by atoms with Crippen molar-refractivity contribution in [1.82, 2.24) is 5.32 Å². The van der Waals surface area contributed by atoms with Crippen LogP contribution in [0.4, 0.5) is 0 Å². The van der Waals surface area contributed by atoms with Crippen LogP contribution < -0.4 is 10.1 Å². The standard InChI is InChI=1S/C14H21NO2S/c16-7-8-17-14-6-2-1-4-12(14)10-15-13-5-3-9-18-11-13/h1-2,4,6,13,15-16H,3,5,7-11H2. The number of rotatable bonds is 6. The van der Waals surface area contributed by atoms with Gasteiger partial charge >= 0.3 is 0 Å². The molecule has 1 atom stereocenters. The molecule has 0 spiro atoms. The molecule has 0 aliphatic carbocycles. The van der Waals surface area contributed by atoms with E-state index in [1.807, 2.05) is 30.0 Å². The first-order valence-electron chi connectivity index (χ1n) is 6.53. The molecular formula is C14H21NO2S. The van der Waals surface area contributed by atoms with Crippen molar-refractivity contribution >= 4 is 11.8 Å². The summed E-state index contributed by atoms with van der Waals surface area (Å²) in [5.74, 6) is 3.39. The third kappa shape index (κ3) is 4.19. The minimum atomic E-state index is 0.0566. The number of benzene rings is 1. The van der Waals surface area contributed by atoms with Gasteiger partial charge in [0.2, 0.25) is 0 Å². The van der Waals surface area contributed by atoms with Crippen LogP contribution >= 0.6 is 11.8 Å². The zero-order valence-electron chi connectivity index (χ0n) is 10.6. The Hall–Kier alpha value is -0.710. The molecule has 1 aliphatic rings. The van der Waals surface area contributed by atoms with Crippen molar-refractivity contribution < 1.29 is 9.84 Å². The molecule has 0 bridgehead atoms. The fourth-order valence-corrected chi connectivity index (χ4v) is 3.21. The molecule has 1 fully saturated rings. The molecule has 1 unspecified atom stereocenters. The molecule has 1 aliphatic heterocycles. The maximum Gasteiger partial charge on any atom is 0.123 e. The lowest BCUT2D eigenvalue weighted by Gasteiger charge is -2.23. The van der Waals surface area contributed by atoms with E-state index in [4.69, 9.17) is 9.84 Å². The molecule has 2 N–H and O–H groups in total. The number of para-hydroxylation sites is 1. The van der Waals surface area contributed by atoms with Crippen LogP contribution in [0.2, 0.25) is 0 Å². The predicted molar refractivity (Wildman–Crippen MR) is 76.2 cm³/mol. The summed E-state index contributed by atoms with van der Waals surface area (Å²) in [4.78, 5) is 0. The SMILES string of the molecule is OCCOc1ccccc1CNC1CCCSC1. The van der Waals surface area contributed by atoms with Crippen LogP contribution in [0.15, 0.2) is 24.3 Å². The highest BCUT2D eigenvalue weighted by atomic mass is 32.2. The Kier molecular flexibility index (Phi) is 5.84. The van der Waals surface area contributed by atoms with Crippen molar-refractivity contribution in [2.45, 2.75) is 25.4 Å². The molecule has 0 aromatic heterocycles. The molecule has 1 saturated heterocycles. The monoisotopic (exact) mass is 267 g/mol. The minimum Gasteiger partial charge on any atom is -0.491 e. The highest BCUT2D eigenvalue weighted by Gasteiger charge is 2.13. The summed E-state index contributed by atoms with van der Waals surface area (Å²) >= 11 is 2.03. The van der Waals surface area contributed by atoms with Crippen LogP contribution in [-0.2, 0) is 6.54 Å². The number of nitrogens with one attached hydrogen (secondary N) is 1. The Bertz CT molecular complexity index is 353. The van der Waals surface area contributed by atoms with Gasteiger partial charge in [-0.3, -0.25) is 0 Å². The molecule has 100 valence electrons. The van der Waals surface area contributed by atoms with Gasteiger partial charge in [0.25, 0.3) is 0 Å². The second-order valence-electron chi connectivity index (χ2n) is 4.47. The van der Waals surface area contributed by atoms with Crippen molar-refractivity contribution in [1.29, 1.82) is 0 Å². The smallest absolute Gasteiger partial charge is 0.123 e. The molecule has 0 saturated carbocycles. The average molecular weight is 267 g/mol. The molecule has 1 heterocycles. The first kappa shape index (κ1) is 13.7. The van der Waals surface area contributed by atoms with Crippen molar-refractivity contribution in [2.75, 3.05) is 24.7 Å². The van der Waals surface area contributed by atoms with Gasteiger partial charge in [-0.25, -0.2) is 0 Å². The molecule has 2 rings (SSSR count). The Balaban J connectivity index is 1.87. The van der Waals surface area contributed by atoms with Crippen molar-refractivity contribution in [3.8, 4) is 5.75 Å². The summed E-state index contributed by atoms with van der Waals surface area (Å²) in [6.07, 6.45) is 2.58. The quantitative estimate of drug-likeness (QED) is 0.827. The normalized spacial score (nSPS) is 19.7. The summed E-state index contributed by atoms with van der Waals surface area (Å²) in [5, 5.41) is 12.4. The van der Waals surface area contributed by atoms with Crippen LogP contribution in [0.3, 0.4) is 0 Å². The Morgan fingerprint density at radius 2 is 2.28 bits per heavy atom. The van der Waals surface area contributed by atoms with Crippen LogP contribution in [-0.4, -0.2) is 35.9 Å². The Morgan fingerprint density at radius 3 is 3.06 bits per heavy atom. The number of aliphatic hydroxyl groups excluding tert-OH is 1. The van der Waals surface area contributed by atoms with Crippen LogP contribution in [0.1, 0.15) is 18.4 Å². The Labute approximate surface area is 113 Å². The van der Waals surface area contributed by atoms with Crippen molar-refractivity contribution in [3.63, 3.8) is 0 Å². The minimum absolute atomic E-state index is 0.0566. The summed E-state index contributed by atoms with van der Waals surface area (Å²) in [6.45, 7) is 1.25. The molecule has 3 nitrogen and oxygen atoms in total. The maximum atomic E-state index is 8.81. The van der Waals surface area contributed by atoms with E-state index < -0.39 is 0 Å². The molecule has 4 heteroatoms. The van der Waals surface area contributed by atoms with E-state index in [-0.39, 0.29) is 6.61 Å². The van der Waals surface area contributed by atoms with Gasteiger partial charge < -0.3 is 15.2 Å². The lowest BCUT2D eigenvalue weighted by atomic mass is 10.1. The topological polar surface area (TPSA) is 41.5 Å². The Morgan fingerprint density at radius 1 is 1.39 bits per heavy atom. The fraction of sp³-hybridized carbons (Fsp3) is 0.571. The number of ether oxygens (including phenoxy) is 1. The second kappa shape index (κ2) is 7.67. The first-order valence-corrected chi connectivity index (χ1v) is 7.68. The number of hydrogen-bond donors (Lipinski definition) is 2. The van der Waals surface area contributed by atoms with Gasteiger partial charge in [-0.15, -0.1) is 0 Å². The number of aliphatic hydroxyl groups is 1. The van der Waals surface area contributed by atoms with E-state index >= 15 is 0 Å². The second-order valence-corrected chi connectivity index (χ2v) is 5.62. The van der Waals surface area contributed by atoms with E-state index in [0.717, 1.165) is 12.3 Å². The van der Waals surface area contributed by atoms with Crippen LogP contribution in [0.5, 0.6) is 5.75 Å². The molecule has 1 aromatic rings. The predicted octanol–water partition coefficient (Wildman–Crippen LogP) is 2.04. The summed E-state index contributed by atoms with van der Waals surface area (Å²) in [5.41, 5.74) is 1.17. The third-order valence-corrected chi connectivity index (χ3v) is 4.28. The summed E-state index contributed by atoms with van der Waals surface area (Å²) < 4.78 is 5.53. The zero-order chi connectivity index (χ0) is 12.6. The third-order valence-electron chi connectivity index (χ3n) is 3.06. The first-order chi connectivity index (χ1) is 8.90. The van der Waals surface area contributed by atoms with Crippen LogP contribution in [0.25, 0.3) is 0 Å². The van der Waals surface area contributed by atoms with Gasteiger partial charge in [0, 0.05) is 23.9 Å². The molecule has 0 amide bonds. The van der Waals surface area contributed by atoms with Gasteiger partial charge in [0.15, 0.2) is 0 Å². The van der Waals surface area contributed by atoms with Gasteiger partial charge in [-0.05, 0) is 24.7 Å². The largest absolute Gasteiger partial charge is 0.491 e. The maximum absolute atomic E-state index is 8.81. The molecule has 1 aromatic carbocycles. The van der Waals surface area contributed by atoms with E-state index in [2.05, 4.69) is 11.4 Å². The average Bonchev–Trinajstić information content (AvgIpc) is 2.45. The number of hydrogen-bond acceptors (Lipinski definition) is 4. The summed E-state index contributed by atoms with van der Waals surface area (Å²) in [6, 6.07) is 8.65. The van der Waals surface area contributed by atoms with Crippen molar-refractivity contribution in [2.24, 2.45) is 0 Å². The van der Waals surface area contributed by atoms with E-state index in [0.29, 0.717) is 12.6 Å². The lowest BCUT2D eigenvalue weighted by molar-refractivity contribution is 0.200. The van der Waals surface area contributed by atoms with Crippen molar-refractivity contribution in [3.05, 3.63) is 29.8 Å². The van der Waals surface area contributed by atoms with E-state index in [9.17, 15) is 0 Å². The zero-order valence-corrected chi connectivity index (χ0v) is 11.4. The lowest BCUT2D eigenvalue weighted by Crippen LogP contribution is -2.33. The van der Waals surface area contributed by atoms with E-state index in [1.54, 1.807) is 0 Å². The highest BCUT2D eigenvalue weighted by Crippen LogP contribution is 2.20. The molecular weight excluding hydrogens is 246 g/mol. The van der Waals surface area contributed by atoms with Gasteiger partial charge in [0.05, 0.1) is 6.61 Å². The molecule has 18 heavy (non-hydrogen) atoms. The van der Waals surface area contributed by atoms with Crippen LogP contribution in [0, 0.1) is 0 Å². The van der Waals surface area contributed by atoms with Gasteiger partial charge in [-0.2, -0.15) is 11.8 Å². The molecule has 0 radical (unpaired) electrons. The number of thioether (sulfide) groups is 1. The summed E-state index contributed by atoms with van der Waals surface area (Å²) in [7, 11) is 0. The van der Waals surface area contributed by atoms with E-state index in [1.165, 1.54) is 29.9 Å².